The Labute approximate surface area is 101 Å². The van der Waals surface area contributed by atoms with Gasteiger partial charge in [-0.3, -0.25) is 0 Å². The lowest BCUT2D eigenvalue weighted by Gasteiger charge is -2.42. The van der Waals surface area contributed by atoms with Gasteiger partial charge >= 0.3 is 6.09 Å². The minimum absolute atomic E-state index is 0.182. The fraction of sp³-hybridized carbons (Fsp3) is 0.462. The van der Waals surface area contributed by atoms with Gasteiger partial charge < -0.3 is 15.0 Å². The van der Waals surface area contributed by atoms with Crippen LogP contribution in [0.2, 0.25) is 0 Å². The molecule has 0 spiro atoms. The highest BCUT2D eigenvalue weighted by atomic mass is 16.6. The number of hydrogen-bond donors (Lipinski definition) is 1. The molecule has 0 bridgehead atoms. The second-order valence-electron chi connectivity index (χ2n) is 4.61. The lowest BCUT2D eigenvalue weighted by atomic mass is 9.99. The first-order valence-electron chi connectivity index (χ1n) is 6.05. The molecule has 0 aromatic heterocycles. The van der Waals surface area contributed by atoms with E-state index in [0.29, 0.717) is 18.7 Å². The summed E-state index contributed by atoms with van der Waals surface area (Å²) < 4.78 is 5.30. The number of carbonyl (C=O) groups is 1. The predicted molar refractivity (Wildman–Crippen MR) is 63.5 cm³/mol. The summed E-state index contributed by atoms with van der Waals surface area (Å²) in [7, 11) is 0. The fourth-order valence-electron chi connectivity index (χ4n) is 2.53. The van der Waals surface area contributed by atoms with E-state index in [1.165, 1.54) is 0 Å². The van der Waals surface area contributed by atoms with E-state index in [9.17, 15) is 4.79 Å². The first-order chi connectivity index (χ1) is 8.34. The van der Waals surface area contributed by atoms with Crippen molar-refractivity contribution in [2.45, 2.75) is 25.1 Å². The molecule has 1 N–H and O–H groups in total. The van der Waals surface area contributed by atoms with E-state index in [0.717, 1.165) is 25.1 Å². The molecule has 3 rings (SSSR count). The molecule has 0 radical (unpaired) electrons. The number of nitrogens with one attached hydrogen (secondary N) is 1. The van der Waals surface area contributed by atoms with Crippen molar-refractivity contribution in [3.8, 4) is 0 Å². The highest BCUT2D eigenvalue weighted by molar-refractivity contribution is 5.69. The minimum Gasteiger partial charge on any atom is -0.445 e. The number of likely N-dealkylation sites (tertiary alicyclic amines) is 1. The molecule has 2 aliphatic rings. The van der Waals surface area contributed by atoms with Gasteiger partial charge in [0.25, 0.3) is 0 Å². The summed E-state index contributed by atoms with van der Waals surface area (Å²) in [5.41, 5.74) is 1.03. The van der Waals surface area contributed by atoms with E-state index in [2.05, 4.69) is 5.32 Å². The van der Waals surface area contributed by atoms with Crippen molar-refractivity contribution < 1.29 is 9.53 Å². The SMILES string of the molecule is O=C(OCc1ccccc1)N1CC2NCCC21. The molecule has 0 saturated carbocycles. The van der Waals surface area contributed by atoms with Crippen molar-refractivity contribution in [2.75, 3.05) is 13.1 Å². The van der Waals surface area contributed by atoms with E-state index < -0.39 is 0 Å². The number of amides is 1. The van der Waals surface area contributed by atoms with Gasteiger partial charge in [-0.05, 0) is 18.5 Å². The van der Waals surface area contributed by atoms with Crippen molar-refractivity contribution >= 4 is 6.09 Å². The summed E-state index contributed by atoms with van der Waals surface area (Å²) in [5.74, 6) is 0. The topological polar surface area (TPSA) is 41.6 Å². The smallest absolute Gasteiger partial charge is 0.410 e. The molecule has 1 aromatic rings. The number of rotatable bonds is 2. The second-order valence-corrected chi connectivity index (χ2v) is 4.61. The van der Waals surface area contributed by atoms with Crippen LogP contribution in [0.3, 0.4) is 0 Å². The Bertz CT molecular complexity index is 407. The number of carbonyl (C=O) groups excluding carboxylic acids is 1. The van der Waals surface area contributed by atoms with Crippen molar-refractivity contribution in [1.29, 1.82) is 0 Å². The molecule has 2 heterocycles. The summed E-state index contributed by atoms with van der Waals surface area (Å²) in [5, 5.41) is 3.37. The highest BCUT2D eigenvalue weighted by Crippen LogP contribution is 2.26. The van der Waals surface area contributed by atoms with Crippen LogP contribution in [0.4, 0.5) is 4.79 Å². The van der Waals surface area contributed by atoms with Crippen LogP contribution in [0, 0.1) is 0 Å². The fourth-order valence-corrected chi connectivity index (χ4v) is 2.53. The van der Waals surface area contributed by atoms with E-state index >= 15 is 0 Å². The van der Waals surface area contributed by atoms with Gasteiger partial charge in [-0.1, -0.05) is 30.3 Å². The molecule has 1 aromatic carbocycles. The van der Waals surface area contributed by atoms with Crippen LogP contribution in [0.25, 0.3) is 0 Å². The van der Waals surface area contributed by atoms with Gasteiger partial charge in [0, 0.05) is 12.6 Å². The van der Waals surface area contributed by atoms with Gasteiger partial charge in [-0.25, -0.2) is 4.79 Å². The predicted octanol–water partition coefficient (Wildman–Crippen LogP) is 1.37. The number of ether oxygens (including phenoxy) is 1. The summed E-state index contributed by atoms with van der Waals surface area (Å²) in [4.78, 5) is 13.6. The maximum absolute atomic E-state index is 11.8. The van der Waals surface area contributed by atoms with E-state index in [-0.39, 0.29) is 6.09 Å². The van der Waals surface area contributed by atoms with Crippen molar-refractivity contribution in [3.05, 3.63) is 35.9 Å². The molecule has 17 heavy (non-hydrogen) atoms. The summed E-state index contributed by atoms with van der Waals surface area (Å²) in [6.07, 6.45) is 0.865. The van der Waals surface area contributed by atoms with Crippen LogP contribution in [0.1, 0.15) is 12.0 Å². The van der Waals surface area contributed by atoms with Gasteiger partial charge in [-0.2, -0.15) is 0 Å². The zero-order valence-electron chi connectivity index (χ0n) is 9.63. The zero-order valence-corrected chi connectivity index (χ0v) is 9.63. The van der Waals surface area contributed by atoms with Crippen LogP contribution < -0.4 is 5.32 Å². The molecule has 2 aliphatic heterocycles. The molecule has 1 amide bonds. The lowest BCUT2D eigenvalue weighted by Crippen LogP contribution is -2.62. The number of fused-ring (bicyclic) bond motifs is 1. The minimum atomic E-state index is -0.182. The van der Waals surface area contributed by atoms with E-state index in [1.807, 2.05) is 35.2 Å². The maximum atomic E-state index is 11.8. The lowest BCUT2D eigenvalue weighted by molar-refractivity contribution is 0.0362. The Hall–Kier alpha value is -1.55. The zero-order chi connectivity index (χ0) is 11.7. The third kappa shape index (κ3) is 2.00. The summed E-state index contributed by atoms with van der Waals surface area (Å²) >= 11 is 0. The van der Waals surface area contributed by atoms with Crippen LogP contribution in [0.15, 0.2) is 30.3 Å². The summed E-state index contributed by atoms with van der Waals surface area (Å²) in [6, 6.07) is 10.6. The molecule has 2 fully saturated rings. The molecular weight excluding hydrogens is 216 g/mol. The molecule has 2 saturated heterocycles. The van der Waals surface area contributed by atoms with Gasteiger partial charge in [0.05, 0.1) is 6.04 Å². The quantitative estimate of drug-likeness (QED) is 0.837. The Kier molecular flexibility index (Phi) is 2.73. The monoisotopic (exact) mass is 232 g/mol. The summed E-state index contributed by atoms with van der Waals surface area (Å²) in [6.45, 7) is 2.16. The molecule has 0 aliphatic carbocycles. The molecule has 2 unspecified atom stereocenters. The number of hydrogen-bond acceptors (Lipinski definition) is 3. The van der Waals surface area contributed by atoms with Crippen LogP contribution in [0.5, 0.6) is 0 Å². The number of nitrogens with zero attached hydrogens (tertiary/aromatic N) is 1. The molecule has 4 heteroatoms. The van der Waals surface area contributed by atoms with Gasteiger partial charge in [0.1, 0.15) is 6.61 Å². The normalized spacial score (nSPS) is 26.2. The first-order valence-corrected chi connectivity index (χ1v) is 6.05. The number of benzene rings is 1. The third-order valence-corrected chi connectivity index (χ3v) is 3.54. The van der Waals surface area contributed by atoms with Gasteiger partial charge in [-0.15, -0.1) is 0 Å². The van der Waals surface area contributed by atoms with Crippen LogP contribution in [-0.4, -0.2) is 36.2 Å². The average Bonchev–Trinajstić information content (AvgIpc) is 2.70. The van der Waals surface area contributed by atoms with Crippen molar-refractivity contribution in [3.63, 3.8) is 0 Å². The Morgan fingerprint density at radius 3 is 3.00 bits per heavy atom. The Morgan fingerprint density at radius 1 is 1.41 bits per heavy atom. The van der Waals surface area contributed by atoms with Crippen molar-refractivity contribution in [2.24, 2.45) is 0 Å². The molecule has 4 nitrogen and oxygen atoms in total. The average molecular weight is 232 g/mol. The molecular formula is C13H16N2O2. The Balaban J connectivity index is 1.51. The van der Waals surface area contributed by atoms with Crippen molar-refractivity contribution in [1.82, 2.24) is 10.2 Å². The molecule has 2 atom stereocenters. The standard InChI is InChI=1S/C13H16N2O2/c16-13(15-8-11-12(15)6-7-14-11)17-9-10-4-2-1-3-5-10/h1-5,11-12,14H,6-9H2. The third-order valence-electron chi connectivity index (χ3n) is 3.54. The van der Waals surface area contributed by atoms with E-state index in [4.69, 9.17) is 4.74 Å². The van der Waals surface area contributed by atoms with Gasteiger partial charge in [0.2, 0.25) is 0 Å². The maximum Gasteiger partial charge on any atom is 0.410 e. The highest BCUT2D eigenvalue weighted by Gasteiger charge is 2.45. The van der Waals surface area contributed by atoms with E-state index in [1.54, 1.807) is 0 Å². The largest absolute Gasteiger partial charge is 0.445 e. The Morgan fingerprint density at radius 2 is 2.24 bits per heavy atom. The van der Waals surface area contributed by atoms with Crippen LogP contribution >= 0.6 is 0 Å². The second kappa shape index (κ2) is 4.37. The van der Waals surface area contributed by atoms with Gasteiger partial charge in [0.15, 0.2) is 0 Å². The molecule has 90 valence electrons. The van der Waals surface area contributed by atoms with Crippen LogP contribution in [-0.2, 0) is 11.3 Å². The first kappa shape index (κ1) is 10.6.